The smallest absolute Gasteiger partial charge is 0.233 e. The average molecular weight is 439 g/mol. The second-order valence-corrected chi connectivity index (χ2v) is 9.22. The fourth-order valence-electron chi connectivity index (χ4n) is 3.64. The number of aromatic nitrogens is 3. The first-order chi connectivity index (χ1) is 15.1. The summed E-state index contributed by atoms with van der Waals surface area (Å²) in [5, 5.41) is 12.1. The van der Waals surface area contributed by atoms with Crippen LogP contribution < -0.4 is 5.32 Å². The maximum Gasteiger partial charge on any atom is 0.233 e. The molecule has 162 valence electrons. The summed E-state index contributed by atoms with van der Waals surface area (Å²) in [5.41, 5.74) is 1.55. The summed E-state index contributed by atoms with van der Waals surface area (Å²) < 4.78 is 16.4. The van der Waals surface area contributed by atoms with E-state index in [1.54, 1.807) is 18.2 Å². The maximum absolute atomic E-state index is 14.4. The van der Waals surface area contributed by atoms with Gasteiger partial charge in [-0.2, -0.15) is 0 Å². The van der Waals surface area contributed by atoms with Gasteiger partial charge in [-0.25, -0.2) is 4.39 Å². The molecule has 0 spiro atoms. The van der Waals surface area contributed by atoms with Gasteiger partial charge in [-0.15, -0.1) is 10.2 Å². The van der Waals surface area contributed by atoms with Crippen molar-refractivity contribution in [1.29, 1.82) is 0 Å². The van der Waals surface area contributed by atoms with Gasteiger partial charge in [0.15, 0.2) is 11.0 Å². The molecule has 1 aliphatic carbocycles. The summed E-state index contributed by atoms with van der Waals surface area (Å²) in [7, 11) is 0. The van der Waals surface area contributed by atoms with Crippen LogP contribution in [0.1, 0.15) is 57.2 Å². The van der Waals surface area contributed by atoms with Gasteiger partial charge >= 0.3 is 0 Å². The summed E-state index contributed by atoms with van der Waals surface area (Å²) in [4.78, 5) is 13.0. The third-order valence-corrected chi connectivity index (χ3v) is 6.50. The fourth-order valence-corrected chi connectivity index (χ4v) is 4.57. The highest BCUT2D eigenvalue weighted by atomic mass is 32.2. The predicted molar refractivity (Wildman–Crippen MR) is 121 cm³/mol. The van der Waals surface area contributed by atoms with Gasteiger partial charge in [-0.3, -0.25) is 9.36 Å². The Balaban J connectivity index is 1.51. The van der Waals surface area contributed by atoms with E-state index in [4.69, 9.17) is 0 Å². The molecule has 1 N–H and O–H groups in total. The van der Waals surface area contributed by atoms with Crippen molar-refractivity contribution in [1.82, 2.24) is 20.1 Å². The Hall–Kier alpha value is -2.67. The molecule has 0 unspecified atom stereocenters. The number of benzene rings is 2. The van der Waals surface area contributed by atoms with Crippen LogP contribution in [0.2, 0.25) is 0 Å². The molecule has 1 heterocycles. The van der Waals surface area contributed by atoms with Crippen molar-refractivity contribution in [2.45, 2.75) is 62.0 Å². The van der Waals surface area contributed by atoms with E-state index in [9.17, 15) is 9.18 Å². The summed E-state index contributed by atoms with van der Waals surface area (Å²) in [6, 6.07) is 16.9. The number of carbonyl (C=O) groups is 1. The number of hydrogen-bond donors (Lipinski definition) is 1. The number of thioether (sulfide) groups is 1. The first kappa shape index (κ1) is 21.6. The molecule has 3 aromatic rings. The molecular weight excluding hydrogens is 411 g/mol. The number of halogens is 1. The molecule has 2 atom stereocenters. The molecule has 1 amide bonds. The molecule has 0 radical (unpaired) electrons. The highest BCUT2D eigenvalue weighted by Crippen LogP contribution is 2.42. The third kappa shape index (κ3) is 4.98. The van der Waals surface area contributed by atoms with Gasteiger partial charge < -0.3 is 5.32 Å². The van der Waals surface area contributed by atoms with E-state index in [2.05, 4.69) is 22.4 Å². The van der Waals surface area contributed by atoms with E-state index < -0.39 is 0 Å². The van der Waals surface area contributed by atoms with Crippen molar-refractivity contribution in [2.24, 2.45) is 0 Å². The molecule has 4 rings (SSSR count). The lowest BCUT2D eigenvalue weighted by atomic mass is 10.0. The minimum Gasteiger partial charge on any atom is -0.348 e. The van der Waals surface area contributed by atoms with Crippen molar-refractivity contribution >= 4 is 17.7 Å². The first-order valence-electron chi connectivity index (χ1n) is 10.8. The largest absolute Gasteiger partial charge is 0.348 e. The summed E-state index contributed by atoms with van der Waals surface area (Å²) >= 11 is 1.38. The van der Waals surface area contributed by atoms with Gasteiger partial charge in [0.05, 0.1) is 16.9 Å². The molecule has 2 aromatic carbocycles. The van der Waals surface area contributed by atoms with E-state index in [1.165, 1.54) is 17.8 Å². The van der Waals surface area contributed by atoms with Crippen molar-refractivity contribution in [3.8, 4) is 11.4 Å². The van der Waals surface area contributed by atoms with Crippen LogP contribution in [0, 0.1) is 5.82 Å². The first-order valence-corrected chi connectivity index (χ1v) is 11.7. The van der Waals surface area contributed by atoms with Crippen molar-refractivity contribution in [2.75, 3.05) is 0 Å². The molecule has 0 aliphatic heterocycles. The average Bonchev–Trinajstić information content (AvgIpc) is 3.54. The lowest BCUT2D eigenvalue weighted by Gasteiger charge is -2.21. The van der Waals surface area contributed by atoms with E-state index in [0.717, 1.165) is 31.2 Å². The Bertz CT molecular complexity index is 1040. The van der Waals surface area contributed by atoms with Crippen LogP contribution in [0.15, 0.2) is 59.8 Å². The van der Waals surface area contributed by atoms with E-state index in [0.29, 0.717) is 16.5 Å². The summed E-state index contributed by atoms with van der Waals surface area (Å²) in [6.45, 7) is 3.99. The fraction of sp³-hybridized carbons (Fsp3) is 0.375. The van der Waals surface area contributed by atoms with E-state index >= 15 is 0 Å². The quantitative estimate of drug-likeness (QED) is 0.445. The Morgan fingerprint density at radius 3 is 2.55 bits per heavy atom. The van der Waals surface area contributed by atoms with Crippen LogP contribution in [-0.4, -0.2) is 25.9 Å². The second-order valence-electron chi connectivity index (χ2n) is 7.91. The van der Waals surface area contributed by atoms with Crippen LogP contribution in [0.4, 0.5) is 4.39 Å². The number of amides is 1. The molecule has 31 heavy (non-hydrogen) atoms. The van der Waals surface area contributed by atoms with Crippen LogP contribution in [0.5, 0.6) is 0 Å². The van der Waals surface area contributed by atoms with Gasteiger partial charge in [0, 0.05) is 6.04 Å². The van der Waals surface area contributed by atoms with Crippen LogP contribution >= 0.6 is 11.8 Å². The van der Waals surface area contributed by atoms with Gasteiger partial charge in [0.1, 0.15) is 5.82 Å². The molecular formula is C24H27FN4OS. The molecule has 1 fully saturated rings. The number of nitrogens with zero attached hydrogens (tertiary/aromatic N) is 3. The molecule has 0 saturated heterocycles. The number of nitrogens with one attached hydrogen (secondary N) is 1. The van der Waals surface area contributed by atoms with E-state index in [-0.39, 0.29) is 29.1 Å². The predicted octanol–water partition coefficient (Wildman–Crippen LogP) is 5.56. The molecule has 1 saturated carbocycles. The molecule has 5 nitrogen and oxygen atoms in total. The van der Waals surface area contributed by atoms with Crippen molar-refractivity contribution in [3.63, 3.8) is 0 Å². The SMILES string of the molecule is CCC[C@H](NC(=O)[C@H](C)Sc1nnc(-c2ccccc2F)n1C1CC1)c1ccccc1. The highest BCUT2D eigenvalue weighted by Gasteiger charge is 2.32. The Kier molecular flexibility index (Phi) is 6.70. The van der Waals surface area contributed by atoms with Crippen LogP contribution in [-0.2, 0) is 4.79 Å². The second kappa shape index (κ2) is 9.64. The Morgan fingerprint density at radius 1 is 1.16 bits per heavy atom. The van der Waals surface area contributed by atoms with Gasteiger partial charge in [0.2, 0.25) is 5.91 Å². The van der Waals surface area contributed by atoms with Gasteiger partial charge in [-0.1, -0.05) is 67.6 Å². The minimum atomic E-state index is -0.349. The number of rotatable bonds is 9. The van der Waals surface area contributed by atoms with Crippen molar-refractivity contribution < 1.29 is 9.18 Å². The normalized spacial score (nSPS) is 15.5. The molecule has 1 aromatic heterocycles. The summed E-state index contributed by atoms with van der Waals surface area (Å²) in [6.07, 6.45) is 3.88. The summed E-state index contributed by atoms with van der Waals surface area (Å²) in [5.74, 6) is 0.179. The molecule has 0 bridgehead atoms. The van der Waals surface area contributed by atoms with Gasteiger partial charge in [-0.05, 0) is 43.9 Å². The van der Waals surface area contributed by atoms with Crippen LogP contribution in [0.25, 0.3) is 11.4 Å². The Labute approximate surface area is 186 Å². The van der Waals surface area contributed by atoms with E-state index in [1.807, 2.05) is 41.8 Å². The zero-order valence-corrected chi connectivity index (χ0v) is 18.6. The number of hydrogen-bond acceptors (Lipinski definition) is 4. The standard InChI is InChI=1S/C24H27FN4OS/c1-3-9-21(17-10-5-4-6-11-17)26-23(30)16(2)31-24-28-27-22(29(24)18-14-15-18)19-12-7-8-13-20(19)25/h4-8,10-13,16,18,21H,3,9,14-15H2,1-2H3,(H,26,30)/t16-,21-/m0/s1. The number of carbonyl (C=O) groups excluding carboxylic acids is 1. The third-order valence-electron chi connectivity index (χ3n) is 5.44. The highest BCUT2D eigenvalue weighted by molar-refractivity contribution is 8.00. The maximum atomic E-state index is 14.4. The molecule has 7 heteroatoms. The van der Waals surface area contributed by atoms with Crippen molar-refractivity contribution in [3.05, 3.63) is 66.0 Å². The van der Waals surface area contributed by atoms with Gasteiger partial charge in [0.25, 0.3) is 0 Å². The topological polar surface area (TPSA) is 59.8 Å². The lowest BCUT2D eigenvalue weighted by Crippen LogP contribution is -2.34. The minimum absolute atomic E-state index is 0.0166. The zero-order chi connectivity index (χ0) is 21.8. The molecule has 1 aliphatic rings. The zero-order valence-electron chi connectivity index (χ0n) is 17.8. The Morgan fingerprint density at radius 2 is 1.87 bits per heavy atom. The lowest BCUT2D eigenvalue weighted by molar-refractivity contribution is -0.121. The monoisotopic (exact) mass is 438 g/mol. The van der Waals surface area contributed by atoms with Crippen LogP contribution in [0.3, 0.4) is 0 Å².